The lowest BCUT2D eigenvalue weighted by molar-refractivity contribution is -0.123. The van der Waals surface area contributed by atoms with E-state index in [9.17, 15) is 9.90 Å². The van der Waals surface area contributed by atoms with E-state index in [1.165, 1.54) is 12.3 Å². The Balaban J connectivity index is 1.57. The molecule has 0 aliphatic rings. The van der Waals surface area contributed by atoms with E-state index in [0.29, 0.717) is 27.7 Å². The molecule has 0 aliphatic carbocycles. The van der Waals surface area contributed by atoms with Gasteiger partial charge in [0.15, 0.2) is 6.61 Å². The Hall–Kier alpha value is -3.23. The topological polar surface area (TPSA) is 95.6 Å². The summed E-state index contributed by atoms with van der Waals surface area (Å²) in [6.07, 6.45) is 1.32. The fourth-order valence-electron chi connectivity index (χ4n) is 2.42. The van der Waals surface area contributed by atoms with Gasteiger partial charge in [-0.15, -0.1) is 0 Å². The Morgan fingerprint density at radius 3 is 2.65 bits per heavy atom. The lowest BCUT2D eigenvalue weighted by Gasteiger charge is -2.06. The monoisotopic (exact) mass is 500 g/mol. The first-order chi connectivity index (χ1) is 14.9. The lowest BCUT2D eigenvalue weighted by atomic mass is 10.2. The van der Waals surface area contributed by atoms with Gasteiger partial charge in [0, 0.05) is 15.1 Å². The largest absolute Gasteiger partial charge is 0.507 e. The van der Waals surface area contributed by atoms with Crippen molar-refractivity contribution in [2.45, 2.75) is 6.92 Å². The van der Waals surface area contributed by atoms with Gasteiger partial charge < -0.3 is 9.84 Å². The maximum absolute atomic E-state index is 11.9. The van der Waals surface area contributed by atoms with Crippen molar-refractivity contribution in [3.63, 3.8) is 0 Å². The number of hydrogen-bond acceptors (Lipinski definition) is 6. The molecule has 0 aromatic heterocycles. The highest BCUT2D eigenvalue weighted by atomic mass is 79.9. The number of azo groups is 1. The first-order valence-electron chi connectivity index (χ1n) is 9.12. The molecule has 3 aromatic carbocycles. The molecule has 0 aliphatic heterocycles. The lowest BCUT2D eigenvalue weighted by Crippen LogP contribution is -2.24. The molecule has 0 radical (unpaired) electrons. The summed E-state index contributed by atoms with van der Waals surface area (Å²) >= 11 is 9.34. The summed E-state index contributed by atoms with van der Waals surface area (Å²) in [4.78, 5) is 11.9. The summed E-state index contributed by atoms with van der Waals surface area (Å²) in [5.74, 6) is 0.0725. The minimum Gasteiger partial charge on any atom is -0.507 e. The van der Waals surface area contributed by atoms with Gasteiger partial charge in [0.25, 0.3) is 5.91 Å². The number of carbonyl (C=O) groups is 1. The Morgan fingerprint density at radius 1 is 1.13 bits per heavy atom. The van der Waals surface area contributed by atoms with E-state index >= 15 is 0 Å². The normalized spacial score (nSPS) is 11.2. The second kappa shape index (κ2) is 10.7. The molecule has 3 rings (SSSR count). The minimum absolute atomic E-state index is 0.00714. The Morgan fingerprint density at radius 2 is 1.90 bits per heavy atom. The Bertz CT molecular complexity index is 1150. The third-order valence-corrected chi connectivity index (χ3v) is 4.91. The summed E-state index contributed by atoms with van der Waals surface area (Å²) in [5, 5.41) is 22.8. The molecule has 0 spiro atoms. The molecule has 9 heteroatoms. The van der Waals surface area contributed by atoms with Crippen LogP contribution in [0.2, 0.25) is 5.02 Å². The number of benzene rings is 3. The molecule has 7 nitrogen and oxygen atoms in total. The van der Waals surface area contributed by atoms with Crippen molar-refractivity contribution >= 4 is 51.0 Å². The van der Waals surface area contributed by atoms with Gasteiger partial charge in [-0.1, -0.05) is 33.6 Å². The Kier molecular flexibility index (Phi) is 7.75. The molecule has 0 heterocycles. The number of carbonyl (C=O) groups excluding carboxylic acids is 1. The summed E-state index contributed by atoms with van der Waals surface area (Å²) in [6, 6.07) is 17.2. The Labute approximate surface area is 192 Å². The van der Waals surface area contributed by atoms with E-state index in [1.54, 1.807) is 30.3 Å². The molecular formula is C22H18BrClN4O3. The van der Waals surface area contributed by atoms with E-state index in [4.69, 9.17) is 16.3 Å². The van der Waals surface area contributed by atoms with Crippen molar-refractivity contribution in [1.82, 2.24) is 5.43 Å². The van der Waals surface area contributed by atoms with E-state index in [2.05, 4.69) is 36.7 Å². The van der Waals surface area contributed by atoms with Gasteiger partial charge in [-0.3, -0.25) is 4.79 Å². The molecule has 0 saturated heterocycles. The molecule has 0 bridgehead atoms. The summed E-state index contributed by atoms with van der Waals surface area (Å²) < 4.78 is 6.30. The number of nitrogens with zero attached hydrogens (tertiary/aromatic N) is 3. The van der Waals surface area contributed by atoms with E-state index < -0.39 is 5.91 Å². The van der Waals surface area contributed by atoms with Gasteiger partial charge in [-0.25, -0.2) is 5.43 Å². The smallest absolute Gasteiger partial charge is 0.277 e. The number of aryl methyl sites for hydroxylation is 1. The van der Waals surface area contributed by atoms with Crippen LogP contribution in [-0.4, -0.2) is 23.8 Å². The van der Waals surface area contributed by atoms with Crippen LogP contribution in [-0.2, 0) is 4.79 Å². The molecule has 0 fully saturated rings. The molecule has 2 N–H and O–H groups in total. The zero-order chi connectivity index (χ0) is 22.2. The van der Waals surface area contributed by atoms with Crippen LogP contribution in [0.1, 0.15) is 11.1 Å². The highest BCUT2D eigenvalue weighted by molar-refractivity contribution is 9.10. The number of halogens is 2. The molecule has 0 saturated carbocycles. The number of ether oxygens (including phenoxy) is 1. The predicted octanol–water partition coefficient (Wildman–Crippen LogP) is 6.06. The van der Waals surface area contributed by atoms with Crippen molar-refractivity contribution in [1.29, 1.82) is 0 Å². The summed E-state index contributed by atoms with van der Waals surface area (Å²) in [5.41, 5.74) is 4.78. The number of aromatic hydroxyl groups is 1. The molecule has 0 unspecified atom stereocenters. The standard InChI is InChI=1S/C22H18BrClN4O3/c1-14-9-19(6-7-20(14)24)31-13-22(30)28-25-12-15-10-18(5-8-21(15)29)27-26-17-4-2-3-16(23)11-17/h2-12,29H,13H2,1H3,(H,28,30). The number of amides is 1. The van der Waals surface area contributed by atoms with Crippen LogP contribution in [0, 0.1) is 6.92 Å². The second-order valence-corrected chi connectivity index (χ2v) is 7.74. The average molecular weight is 502 g/mol. The highest BCUT2D eigenvalue weighted by Gasteiger charge is 2.04. The third kappa shape index (κ3) is 6.91. The minimum atomic E-state index is -0.450. The van der Waals surface area contributed by atoms with Crippen LogP contribution < -0.4 is 10.2 Å². The van der Waals surface area contributed by atoms with Gasteiger partial charge in [0.1, 0.15) is 11.5 Å². The highest BCUT2D eigenvalue weighted by Crippen LogP contribution is 2.25. The summed E-state index contributed by atoms with van der Waals surface area (Å²) in [7, 11) is 0. The number of rotatable bonds is 7. The molecule has 31 heavy (non-hydrogen) atoms. The van der Waals surface area contributed by atoms with Crippen LogP contribution in [0.5, 0.6) is 11.5 Å². The van der Waals surface area contributed by atoms with Crippen molar-refractivity contribution in [3.05, 3.63) is 81.3 Å². The fourth-order valence-corrected chi connectivity index (χ4v) is 2.93. The molecule has 0 atom stereocenters. The zero-order valence-corrected chi connectivity index (χ0v) is 18.8. The van der Waals surface area contributed by atoms with Crippen LogP contribution in [0.25, 0.3) is 0 Å². The van der Waals surface area contributed by atoms with Gasteiger partial charge in [-0.05, 0) is 67.1 Å². The molecular weight excluding hydrogens is 484 g/mol. The predicted molar refractivity (Wildman–Crippen MR) is 124 cm³/mol. The second-order valence-electron chi connectivity index (χ2n) is 6.42. The van der Waals surface area contributed by atoms with E-state index in [1.807, 2.05) is 31.2 Å². The maximum atomic E-state index is 11.9. The first kappa shape index (κ1) is 22.5. The fraction of sp³-hybridized carbons (Fsp3) is 0.0909. The average Bonchev–Trinajstić information content (AvgIpc) is 2.75. The summed E-state index contributed by atoms with van der Waals surface area (Å²) in [6.45, 7) is 1.63. The van der Waals surface area contributed by atoms with Crippen molar-refractivity contribution in [2.24, 2.45) is 15.3 Å². The van der Waals surface area contributed by atoms with Gasteiger partial charge in [0.2, 0.25) is 0 Å². The molecule has 158 valence electrons. The number of phenolic OH excluding ortho intramolecular Hbond substituents is 1. The maximum Gasteiger partial charge on any atom is 0.277 e. The SMILES string of the molecule is Cc1cc(OCC(=O)NN=Cc2cc(N=Nc3cccc(Br)c3)ccc2O)ccc1Cl. The van der Waals surface area contributed by atoms with Crippen molar-refractivity contribution in [3.8, 4) is 11.5 Å². The number of hydrazone groups is 1. The molecule has 3 aromatic rings. The van der Waals surface area contributed by atoms with Gasteiger partial charge in [-0.2, -0.15) is 15.3 Å². The van der Waals surface area contributed by atoms with Gasteiger partial charge in [0.05, 0.1) is 17.6 Å². The van der Waals surface area contributed by atoms with E-state index in [0.717, 1.165) is 10.0 Å². The number of hydrogen-bond donors (Lipinski definition) is 2. The van der Waals surface area contributed by atoms with E-state index in [-0.39, 0.29) is 12.4 Å². The van der Waals surface area contributed by atoms with Crippen LogP contribution in [0.4, 0.5) is 11.4 Å². The molecule has 1 amide bonds. The third-order valence-electron chi connectivity index (χ3n) is 3.99. The zero-order valence-electron chi connectivity index (χ0n) is 16.4. The van der Waals surface area contributed by atoms with Crippen molar-refractivity contribution in [2.75, 3.05) is 6.61 Å². The quantitative estimate of drug-likeness (QED) is 0.234. The number of nitrogens with one attached hydrogen (secondary N) is 1. The van der Waals surface area contributed by atoms with Gasteiger partial charge >= 0.3 is 0 Å². The van der Waals surface area contributed by atoms with Crippen molar-refractivity contribution < 1.29 is 14.6 Å². The number of phenols is 1. The van der Waals surface area contributed by atoms with Crippen LogP contribution in [0.15, 0.2) is 80.5 Å². The van der Waals surface area contributed by atoms with Crippen LogP contribution in [0.3, 0.4) is 0 Å². The van der Waals surface area contributed by atoms with Crippen LogP contribution >= 0.6 is 27.5 Å². The first-order valence-corrected chi connectivity index (χ1v) is 10.3.